The van der Waals surface area contributed by atoms with Gasteiger partial charge in [-0.25, -0.2) is 4.98 Å². The lowest BCUT2D eigenvalue weighted by molar-refractivity contribution is -0.255. The molecule has 1 aromatic heterocycles. The number of hydrogen-bond donors (Lipinski definition) is 0. The highest BCUT2D eigenvalue weighted by Crippen LogP contribution is 2.36. The number of benzene rings is 4. The van der Waals surface area contributed by atoms with Gasteiger partial charge < -0.3 is 23.9 Å². The van der Waals surface area contributed by atoms with Crippen molar-refractivity contribution in [2.75, 3.05) is 7.11 Å². The molecule has 5 aromatic rings. The highest BCUT2D eigenvalue weighted by molar-refractivity contribution is 5.88. The second-order valence-corrected chi connectivity index (χ2v) is 10.3. The maximum atomic E-state index is 13.8. The molecule has 5 rings (SSSR count). The number of carboxylic acid groups (broad SMARTS) is 1. The molecule has 0 aliphatic heterocycles. The molecule has 7 nitrogen and oxygen atoms in total. The summed E-state index contributed by atoms with van der Waals surface area (Å²) in [5.74, 6) is -1.43. The number of ether oxygens (including phenoxy) is 2. The molecule has 2 atom stereocenters. The summed E-state index contributed by atoms with van der Waals surface area (Å²) in [4.78, 5) is 29.6. The Hall–Kier alpha value is -4.91. The van der Waals surface area contributed by atoms with Crippen LogP contribution in [0.1, 0.15) is 62.7 Å². The number of nitrogens with zero attached hydrogens (tertiary/aromatic N) is 2. The van der Waals surface area contributed by atoms with Crippen LogP contribution in [0.2, 0.25) is 0 Å². The zero-order valence-electron chi connectivity index (χ0n) is 23.7. The van der Waals surface area contributed by atoms with E-state index in [2.05, 4.69) is 4.98 Å². The molecule has 0 N–H and O–H groups in total. The van der Waals surface area contributed by atoms with Crippen molar-refractivity contribution in [3.8, 4) is 11.4 Å². The van der Waals surface area contributed by atoms with Crippen LogP contribution in [0.5, 0.6) is 5.75 Å². The van der Waals surface area contributed by atoms with Gasteiger partial charge in [0.2, 0.25) is 0 Å². The number of hydrogen-bond acceptors (Lipinski definition) is 6. The second-order valence-electron chi connectivity index (χ2n) is 10.3. The topological polar surface area (TPSA) is 93.5 Å². The lowest BCUT2D eigenvalue weighted by Crippen LogP contribution is -2.24. The SMILES string of the molecule is COc1ccc2cc([C@H](C)C(=O)O[C@H](c3cc(-n4ccnc4)ccc3C)c3c(C)cc(C(=O)[O-])cc3C)ccc2c1. The smallest absolute Gasteiger partial charge is 0.314 e. The minimum Gasteiger partial charge on any atom is -0.545 e. The van der Waals surface area contributed by atoms with Gasteiger partial charge in [-0.3, -0.25) is 4.79 Å². The molecular formula is C34H31N2O5-. The predicted octanol–water partition coefficient (Wildman–Crippen LogP) is 5.76. The second kappa shape index (κ2) is 11.3. The lowest BCUT2D eigenvalue weighted by Gasteiger charge is -2.27. The molecule has 0 saturated heterocycles. The minimum atomic E-state index is -1.25. The van der Waals surface area contributed by atoms with Gasteiger partial charge in [0.1, 0.15) is 5.75 Å². The van der Waals surface area contributed by atoms with Crippen LogP contribution in [-0.2, 0) is 9.53 Å². The summed E-state index contributed by atoms with van der Waals surface area (Å²) in [5.41, 5.74) is 5.64. The normalized spacial score (nSPS) is 12.6. The van der Waals surface area contributed by atoms with Crippen molar-refractivity contribution in [2.24, 2.45) is 0 Å². The van der Waals surface area contributed by atoms with Gasteiger partial charge in [-0.05, 0) is 103 Å². The number of aryl methyl sites for hydroxylation is 3. The maximum absolute atomic E-state index is 13.8. The molecule has 7 heteroatoms. The van der Waals surface area contributed by atoms with Gasteiger partial charge in [-0.15, -0.1) is 0 Å². The molecule has 0 aliphatic carbocycles. The zero-order chi connectivity index (χ0) is 29.3. The van der Waals surface area contributed by atoms with E-state index in [0.717, 1.165) is 44.5 Å². The van der Waals surface area contributed by atoms with Crippen molar-refractivity contribution in [3.63, 3.8) is 0 Å². The van der Waals surface area contributed by atoms with E-state index in [-0.39, 0.29) is 5.56 Å². The largest absolute Gasteiger partial charge is 0.545 e. The predicted molar refractivity (Wildman–Crippen MR) is 155 cm³/mol. The third-order valence-electron chi connectivity index (χ3n) is 7.60. The first-order valence-electron chi connectivity index (χ1n) is 13.4. The Morgan fingerprint density at radius 2 is 1.59 bits per heavy atom. The molecule has 0 spiro atoms. The van der Waals surface area contributed by atoms with E-state index >= 15 is 0 Å². The first-order valence-corrected chi connectivity index (χ1v) is 13.4. The van der Waals surface area contributed by atoms with Crippen LogP contribution in [0.3, 0.4) is 0 Å². The summed E-state index contributed by atoms with van der Waals surface area (Å²) in [5, 5.41) is 13.6. The number of aromatic carboxylic acids is 1. The van der Waals surface area contributed by atoms with Crippen LogP contribution in [0.4, 0.5) is 0 Å². The summed E-state index contributed by atoms with van der Waals surface area (Å²) in [6.45, 7) is 7.45. The molecule has 0 unspecified atom stereocenters. The molecule has 0 bridgehead atoms. The summed E-state index contributed by atoms with van der Waals surface area (Å²) in [6.07, 6.45) is 4.48. The number of rotatable bonds is 8. The third-order valence-corrected chi connectivity index (χ3v) is 7.60. The molecule has 0 fully saturated rings. The number of fused-ring (bicyclic) bond motifs is 1. The van der Waals surface area contributed by atoms with Gasteiger partial charge in [0.25, 0.3) is 0 Å². The number of carboxylic acids is 1. The van der Waals surface area contributed by atoms with Crippen molar-refractivity contribution in [2.45, 2.75) is 39.7 Å². The fourth-order valence-electron chi connectivity index (χ4n) is 5.26. The van der Waals surface area contributed by atoms with E-state index < -0.39 is 24.0 Å². The van der Waals surface area contributed by atoms with Crippen molar-refractivity contribution < 1.29 is 24.2 Å². The number of imidazole rings is 1. The van der Waals surface area contributed by atoms with Crippen molar-refractivity contribution in [1.82, 2.24) is 9.55 Å². The van der Waals surface area contributed by atoms with Crippen LogP contribution in [0, 0.1) is 20.8 Å². The van der Waals surface area contributed by atoms with Crippen LogP contribution in [0.15, 0.2) is 85.5 Å². The van der Waals surface area contributed by atoms with E-state index in [9.17, 15) is 14.7 Å². The molecule has 0 amide bonds. The molecule has 0 aliphatic rings. The van der Waals surface area contributed by atoms with E-state index in [1.54, 1.807) is 31.8 Å². The van der Waals surface area contributed by atoms with Crippen LogP contribution < -0.4 is 9.84 Å². The number of methoxy groups -OCH3 is 1. The molecule has 0 radical (unpaired) electrons. The van der Waals surface area contributed by atoms with Gasteiger partial charge in [0.15, 0.2) is 6.10 Å². The average Bonchev–Trinajstić information content (AvgIpc) is 3.50. The minimum absolute atomic E-state index is 0.0823. The van der Waals surface area contributed by atoms with Crippen LogP contribution >= 0.6 is 0 Å². The van der Waals surface area contributed by atoms with Crippen molar-refractivity contribution in [1.29, 1.82) is 0 Å². The molecule has 208 valence electrons. The maximum Gasteiger partial charge on any atom is 0.314 e. The quantitative estimate of drug-likeness (QED) is 0.229. The highest BCUT2D eigenvalue weighted by Gasteiger charge is 2.28. The van der Waals surface area contributed by atoms with E-state index in [1.165, 1.54) is 0 Å². The van der Waals surface area contributed by atoms with Gasteiger partial charge in [-0.1, -0.05) is 30.3 Å². The Labute approximate surface area is 239 Å². The van der Waals surface area contributed by atoms with Gasteiger partial charge in [0, 0.05) is 29.2 Å². The molecular weight excluding hydrogens is 516 g/mol. The van der Waals surface area contributed by atoms with Crippen molar-refractivity contribution in [3.05, 3.63) is 124 Å². The van der Waals surface area contributed by atoms with E-state index in [0.29, 0.717) is 11.1 Å². The third kappa shape index (κ3) is 5.57. The van der Waals surface area contributed by atoms with Gasteiger partial charge in [0.05, 0.1) is 25.3 Å². The number of esters is 1. The molecule has 0 saturated carbocycles. The van der Waals surface area contributed by atoms with Crippen LogP contribution in [-0.4, -0.2) is 28.6 Å². The monoisotopic (exact) mass is 547 g/mol. The van der Waals surface area contributed by atoms with Gasteiger partial charge in [-0.2, -0.15) is 0 Å². The zero-order valence-corrected chi connectivity index (χ0v) is 23.7. The first-order chi connectivity index (χ1) is 19.7. The van der Waals surface area contributed by atoms with Crippen molar-refractivity contribution >= 4 is 22.7 Å². The first kappa shape index (κ1) is 27.6. The van der Waals surface area contributed by atoms with E-state index in [1.807, 2.05) is 93.1 Å². The summed E-state index contributed by atoms with van der Waals surface area (Å²) < 4.78 is 13.6. The fraction of sp³-hybridized carbons (Fsp3) is 0.206. The number of carbonyl (C=O) groups excluding carboxylic acids is 2. The highest BCUT2D eigenvalue weighted by atomic mass is 16.5. The summed E-state index contributed by atoms with van der Waals surface area (Å²) in [6, 6.07) is 20.8. The Morgan fingerprint density at radius 3 is 2.24 bits per heavy atom. The average molecular weight is 548 g/mol. The summed E-state index contributed by atoms with van der Waals surface area (Å²) >= 11 is 0. The van der Waals surface area contributed by atoms with Crippen LogP contribution in [0.25, 0.3) is 16.5 Å². The Kier molecular flexibility index (Phi) is 7.62. The fourth-order valence-corrected chi connectivity index (χ4v) is 5.26. The molecule has 41 heavy (non-hydrogen) atoms. The lowest BCUT2D eigenvalue weighted by atomic mass is 9.89. The Morgan fingerprint density at radius 1 is 0.878 bits per heavy atom. The van der Waals surface area contributed by atoms with E-state index in [4.69, 9.17) is 9.47 Å². The standard InChI is InChI=1S/C34H32N2O5/c1-20-6-10-28(36-13-12-35-19-36)18-30(20)32(31-21(2)14-27(33(37)38)15-22(31)3)41-34(39)23(4)24-7-8-26-17-29(40-5)11-9-25(26)16-24/h6-19,23,32H,1-5H3,(H,37,38)/p-1/t23-,32+/m0/s1. The number of aromatic nitrogens is 2. The molecule has 1 heterocycles. The number of carbonyl (C=O) groups is 2. The van der Waals surface area contributed by atoms with Gasteiger partial charge >= 0.3 is 5.97 Å². The Bertz CT molecular complexity index is 1730. The summed E-state index contributed by atoms with van der Waals surface area (Å²) in [7, 11) is 1.63. The Balaban J connectivity index is 1.57. The molecule has 4 aromatic carbocycles.